The number of nitrogens with two attached hydrogens (primary N) is 1. The first-order valence-electron chi connectivity index (χ1n) is 9.73. The molecule has 0 bridgehead atoms. The normalized spacial score (nSPS) is 15.3. The Labute approximate surface area is 176 Å². The van der Waals surface area contributed by atoms with Gasteiger partial charge in [-0.2, -0.15) is 9.78 Å². The minimum absolute atomic E-state index is 0.0733. The molecule has 1 aliphatic rings. The number of rotatable bonds is 7. The third kappa shape index (κ3) is 4.39. The minimum atomic E-state index is -0.462. The summed E-state index contributed by atoms with van der Waals surface area (Å²) >= 11 is 1.52. The predicted molar refractivity (Wildman–Crippen MR) is 111 cm³/mol. The summed E-state index contributed by atoms with van der Waals surface area (Å²) < 4.78 is 6.11. The van der Waals surface area contributed by atoms with Gasteiger partial charge in [-0.05, 0) is 41.6 Å². The summed E-state index contributed by atoms with van der Waals surface area (Å²) in [5.74, 6) is -0.184. The number of nitrogens with one attached hydrogen (secondary N) is 1. The van der Waals surface area contributed by atoms with Gasteiger partial charge in [-0.15, -0.1) is 16.4 Å². The lowest BCUT2D eigenvalue weighted by Crippen LogP contribution is -2.34. The van der Waals surface area contributed by atoms with Gasteiger partial charge < -0.3 is 5.73 Å². The average molecular weight is 430 g/mol. The van der Waals surface area contributed by atoms with Crippen LogP contribution in [0.4, 0.5) is 5.82 Å². The van der Waals surface area contributed by atoms with Crippen molar-refractivity contribution in [1.82, 2.24) is 35.6 Å². The topological polar surface area (TPSA) is 140 Å². The molecule has 158 valence electrons. The van der Waals surface area contributed by atoms with Crippen molar-refractivity contribution in [2.75, 3.05) is 12.8 Å². The van der Waals surface area contributed by atoms with E-state index in [0.717, 1.165) is 17.7 Å². The summed E-state index contributed by atoms with van der Waals surface area (Å²) in [5, 5.41) is 21.5. The highest BCUT2D eigenvalue weighted by molar-refractivity contribution is 7.11. The molecule has 3 aromatic heterocycles. The Morgan fingerprint density at radius 1 is 1.43 bits per heavy atom. The molecule has 30 heavy (non-hydrogen) atoms. The van der Waals surface area contributed by atoms with E-state index in [1.807, 2.05) is 24.6 Å². The molecule has 4 rings (SSSR count). The van der Waals surface area contributed by atoms with E-state index in [-0.39, 0.29) is 17.3 Å². The summed E-state index contributed by atoms with van der Waals surface area (Å²) in [7, 11) is 2.04. The fraction of sp³-hybridized carbons (Fsp3) is 0.444. The molecular weight excluding hydrogens is 406 g/mol. The van der Waals surface area contributed by atoms with Crippen molar-refractivity contribution < 1.29 is 9.42 Å². The first-order chi connectivity index (χ1) is 14.6. The molecular formula is C18H23N9O2S. The van der Waals surface area contributed by atoms with Gasteiger partial charge in [-0.3, -0.25) is 9.69 Å². The third-order valence-electron chi connectivity index (χ3n) is 5.17. The molecule has 3 N–H and O–H groups in total. The van der Waals surface area contributed by atoms with Crippen molar-refractivity contribution in [3.63, 3.8) is 0 Å². The molecule has 0 saturated heterocycles. The van der Waals surface area contributed by atoms with Gasteiger partial charge >= 0.3 is 0 Å². The fourth-order valence-corrected chi connectivity index (χ4v) is 4.17. The monoisotopic (exact) mass is 429 g/mol. The van der Waals surface area contributed by atoms with Gasteiger partial charge in [-0.1, -0.05) is 30.5 Å². The van der Waals surface area contributed by atoms with Crippen LogP contribution in [0.2, 0.25) is 0 Å². The lowest BCUT2D eigenvalue weighted by Gasteiger charge is -2.31. The number of hydrogen-bond donors (Lipinski definition) is 2. The largest absolute Gasteiger partial charge is 0.378 e. The molecule has 0 radical (unpaired) electrons. The highest BCUT2D eigenvalue weighted by Gasteiger charge is 2.27. The van der Waals surface area contributed by atoms with E-state index in [0.29, 0.717) is 18.3 Å². The Balaban J connectivity index is 1.58. The second-order valence-electron chi connectivity index (χ2n) is 7.19. The van der Waals surface area contributed by atoms with Crippen LogP contribution in [-0.2, 0) is 6.54 Å². The fourth-order valence-electron chi connectivity index (χ4n) is 3.59. The molecule has 0 aliphatic heterocycles. The second-order valence-corrected chi connectivity index (χ2v) is 8.17. The predicted octanol–water partition coefficient (Wildman–Crippen LogP) is 1.82. The van der Waals surface area contributed by atoms with E-state index in [1.54, 1.807) is 6.21 Å². The van der Waals surface area contributed by atoms with E-state index in [1.165, 1.54) is 35.3 Å². The smallest absolute Gasteiger partial charge is 0.293 e. The molecule has 1 fully saturated rings. The Hall–Kier alpha value is -3.12. The van der Waals surface area contributed by atoms with Crippen molar-refractivity contribution in [3.8, 4) is 5.82 Å². The number of carbonyl (C=O) groups is 1. The number of aromatic nitrogens is 5. The average Bonchev–Trinajstić information content (AvgIpc) is 3.50. The molecule has 0 spiro atoms. The van der Waals surface area contributed by atoms with Crippen molar-refractivity contribution in [2.45, 2.75) is 44.7 Å². The van der Waals surface area contributed by atoms with Gasteiger partial charge in [0, 0.05) is 17.5 Å². The van der Waals surface area contributed by atoms with E-state index >= 15 is 0 Å². The maximum atomic E-state index is 12.8. The first-order valence-corrected chi connectivity index (χ1v) is 10.6. The summed E-state index contributed by atoms with van der Waals surface area (Å²) in [4.78, 5) is 15.9. The Morgan fingerprint density at radius 2 is 2.27 bits per heavy atom. The number of amides is 1. The number of thiophene rings is 1. The van der Waals surface area contributed by atoms with Crippen molar-refractivity contribution in [3.05, 3.63) is 33.8 Å². The number of carbonyl (C=O) groups excluding carboxylic acids is 1. The summed E-state index contributed by atoms with van der Waals surface area (Å²) in [5.41, 5.74) is 9.06. The second kappa shape index (κ2) is 9.13. The van der Waals surface area contributed by atoms with E-state index in [4.69, 9.17) is 10.4 Å². The van der Waals surface area contributed by atoms with Gasteiger partial charge in [0.1, 0.15) is 0 Å². The van der Waals surface area contributed by atoms with Crippen LogP contribution >= 0.6 is 11.3 Å². The Morgan fingerprint density at radius 3 is 2.97 bits per heavy atom. The summed E-state index contributed by atoms with van der Waals surface area (Å²) in [6.45, 7) is 0.446. The van der Waals surface area contributed by atoms with Crippen LogP contribution in [-0.4, -0.2) is 55.4 Å². The van der Waals surface area contributed by atoms with Gasteiger partial charge in [0.15, 0.2) is 5.69 Å². The molecule has 12 heteroatoms. The van der Waals surface area contributed by atoms with Crippen LogP contribution in [0.15, 0.2) is 27.2 Å². The van der Waals surface area contributed by atoms with Gasteiger partial charge in [-0.25, -0.2) is 10.1 Å². The third-order valence-corrected chi connectivity index (χ3v) is 5.98. The first kappa shape index (κ1) is 20.2. The molecule has 1 aliphatic carbocycles. The van der Waals surface area contributed by atoms with Crippen LogP contribution < -0.4 is 11.2 Å². The van der Waals surface area contributed by atoms with E-state index in [9.17, 15) is 4.79 Å². The highest BCUT2D eigenvalue weighted by atomic mass is 32.1. The summed E-state index contributed by atoms with van der Waals surface area (Å²) in [6.07, 6.45) is 7.51. The zero-order valence-electron chi connectivity index (χ0n) is 16.6. The maximum absolute atomic E-state index is 12.8. The van der Waals surface area contributed by atoms with Crippen LogP contribution in [0.3, 0.4) is 0 Å². The van der Waals surface area contributed by atoms with Crippen molar-refractivity contribution >= 4 is 29.3 Å². The number of nitrogen functional groups attached to an aromatic ring is 1. The number of hydrazone groups is 1. The molecule has 1 amide bonds. The quantitative estimate of drug-likeness (QED) is 0.428. The molecule has 11 nitrogen and oxygen atoms in total. The van der Waals surface area contributed by atoms with Crippen LogP contribution in [0.25, 0.3) is 5.82 Å². The molecule has 0 aromatic carbocycles. The molecule has 0 atom stereocenters. The maximum Gasteiger partial charge on any atom is 0.293 e. The minimum Gasteiger partial charge on any atom is -0.378 e. The number of hydrogen-bond acceptors (Lipinski definition) is 10. The number of nitrogens with zero attached hydrogens (tertiary/aromatic N) is 7. The lowest BCUT2D eigenvalue weighted by atomic mass is 9.94. The van der Waals surface area contributed by atoms with E-state index < -0.39 is 5.91 Å². The molecule has 3 aromatic rings. The van der Waals surface area contributed by atoms with E-state index in [2.05, 4.69) is 36.1 Å². The SMILES string of the molecule is CN(Cc1c(C(=O)N/N=C\c2cccs2)nnn1-c1nonc1N)C1CCCCC1. The van der Waals surface area contributed by atoms with Gasteiger partial charge in [0.05, 0.1) is 11.9 Å². The Kier molecular flexibility index (Phi) is 6.14. The zero-order valence-corrected chi connectivity index (χ0v) is 17.4. The Bertz CT molecular complexity index is 1000. The number of anilines is 1. The van der Waals surface area contributed by atoms with Crippen molar-refractivity contribution in [2.24, 2.45) is 5.10 Å². The zero-order chi connectivity index (χ0) is 20.9. The molecule has 3 heterocycles. The van der Waals surface area contributed by atoms with Crippen molar-refractivity contribution in [1.29, 1.82) is 0 Å². The highest BCUT2D eigenvalue weighted by Crippen LogP contribution is 2.24. The van der Waals surface area contributed by atoms with Crippen LogP contribution in [0.5, 0.6) is 0 Å². The van der Waals surface area contributed by atoms with Gasteiger partial charge in [0.25, 0.3) is 5.91 Å². The standard InChI is InChI=1S/C18H23N9O2S/c1-26(12-6-3-2-4-7-12)11-14-15(18(28)22-20-10-13-8-5-9-30-13)21-25-27(14)17-16(19)23-29-24-17/h5,8-10,12H,2-4,6-7,11H2,1H3,(H2,19,23)(H,22,28)/b20-10-. The molecule has 1 saturated carbocycles. The lowest BCUT2D eigenvalue weighted by molar-refractivity contribution is 0.0947. The van der Waals surface area contributed by atoms with Crippen LogP contribution in [0, 0.1) is 0 Å². The summed E-state index contributed by atoms with van der Waals surface area (Å²) in [6, 6.07) is 4.25. The van der Waals surface area contributed by atoms with Crippen LogP contribution in [0.1, 0.15) is 53.2 Å². The molecule has 0 unspecified atom stereocenters. The van der Waals surface area contributed by atoms with Gasteiger partial charge in [0.2, 0.25) is 11.6 Å².